The van der Waals surface area contributed by atoms with Crippen molar-refractivity contribution in [3.8, 4) is 0 Å². The Morgan fingerprint density at radius 2 is 0.667 bits per heavy atom. The summed E-state index contributed by atoms with van der Waals surface area (Å²) in [5, 5.41) is 0. The summed E-state index contributed by atoms with van der Waals surface area (Å²) < 4.78 is 0. The molecule has 3 aromatic heterocycles. The highest BCUT2D eigenvalue weighted by molar-refractivity contribution is 6.17. The van der Waals surface area contributed by atoms with Crippen LogP contribution in [-0.2, 0) is 0 Å². The largest absolute Gasteiger partial charge is 0.361 e. The Balaban J connectivity index is 1.97. The second kappa shape index (κ2) is 9.75. The highest BCUT2D eigenvalue weighted by Crippen LogP contribution is 2.19. The van der Waals surface area contributed by atoms with E-state index in [1.807, 2.05) is 0 Å². The SMILES string of the molecule is [N-]=[N+]=C(c1ccncc1)c1cc(C(=[N+]=[N-])c2ccncc2)cc(C(=[N+]=[N-])c2ccncc2)c1. The molecule has 0 aliphatic heterocycles. The zero-order valence-electron chi connectivity index (χ0n) is 17.2. The Bertz CT molecular complexity index is 1250. The van der Waals surface area contributed by atoms with Gasteiger partial charge in [-0.25, -0.2) is 0 Å². The van der Waals surface area contributed by atoms with Crippen molar-refractivity contribution in [2.24, 2.45) is 0 Å². The van der Waals surface area contributed by atoms with E-state index < -0.39 is 0 Å². The van der Waals surface area contributed by atoms with E-state index >= 15 is 0 Å². The van der Waals surface area contributed by atoms with Crippen LogP contribution in [0.15, 0.2) is 91.8 Å². The molecule has 4 rings (SSSR count). The molecule has 0 saturated heterocycles. The van der Waals surface area contributed by atoms with Crippen molar-refractivity contribution in [3.05, 3.63) is 142 Å². The van der Waals surface area contributed by atoms with E-state index in [-0.39, 0.29) is 17.1 Å². The van der Waals surface area contributed by atoms with Gasteiger partial charge in [-0.15, -0.1) is 0 Å². The molecule has 0 bridgehead atoms. The van der Waals surface area contributed by atoms with Crippen LogP contribution in [0.3, 0.4) is 0 Å². The van der Waals surface area contributed by atoms with Crippen molar-refractivity contribution >= 4 is 17.1 Å². The van der Waals surface area contributed by atoms with Crippen LogP contribution in [0.5, 0.6) is 0 Å². The van der Waals surface area contributed by atoms with Crippen LogP contribution in [0.1, 0.15) is 33.4 Å². The number of hydrogen-bond acceptors (Lipinski definition) is 3. The van der Waals surface area contributed by atoms with Gasteiger partial charge in [0, 0.05) is 37.2 Å². The molecule has 9 nitrogen and oxygen atoms in total. The lowest BCUT2D eigenvalue weighted by Gasteiger charge is -2.05. The lowest BCUT2D eigenvalue weighted by Crippen LogP contribution is -2.13. The highest BCUT2D eigenvalue weighted by atomic mass is 14.9. The van der Waals surface area contributed by atoms with Crippen LogP contribution in [0, 0.1) is 0 Å². The minimum absolute atomic E-state index is 0.263. The fourth-order valence-corrected chi connectivity index (χ4v) is 3.41. The van der Waals surface area contributed by atoms with Gasteiger partial charge >= 0.3 is 17.1 Å². The molecule has 0 atom stereocenters. The first-order chi connectivity index (χ1) is 16.2. The normalized spacial score (nSPS) is 9.82. The third kappa shape index (κ3) is 4.46. The maximum absolute atomic E-state index is 9.83. The number of benzene rings is 1. The van der Waals surface area contributed by atoms with E-state index in [0.717, 1.165) is 0 Å². The van der Waals surface area contributed by atoms with Crippen molar-refractivity contribution in [1.82, 2.24) is 15.0 Å². The van der Waals surface area contributed by atoms with E-state index in [0.29, 0.717) is 33.4 Å². The maximum Gasteiger partial charge on any atom is 0.329 e. The average molecular weight is 429 g/mol. The third-order valence-electron chi connectivity index (χ3n) is 4.91. The van der Waals surface area contributed by atoms with Crippen molar-refractivity contribution in [3.63, 3.8) is 0 Å². The first-order valence-corrected chi connectivity index (χ1v) is 9.78. The fraction of sp³-hybridized carbons (Fsp3) is 0. The Hall–Kier alpha value is -5.19. The molecule has 0 saturated carbocycles. The average Bonchev–Trinajstić information content (AvgIpc) is 2.87. The van der Waals surface area contributed by atoms with E-state index in [9.17, 15) is 16.6 Å². The predicted molar refractivity (Wildman–Crippen MR) is 120 cm³/mol. The zero-order chi connectivity index (χ0) is 23.0. The Kier molecular flexibility index (Phi) is 6.22. The fourth-order valence-electron chi connectivity index (χ4n) is 3.41. The van der Waals surface area contributed by atoms with Crippen LogP contribution >= 0.6 is 0 Å². The molecule has 0 amide bonds. The number of aromatic nitrogens is 3. The molecular weight excluding hydrogens is 414 g/mol. The number of hydrogen-bond donors (Lipinski definition) is 0. The number of nitrogens with zero attached hydrogens (tertiary/aromatic N) is 9. The monoisotopic (exact) mass is 429 g/mol. The summed E-state index contributed by atoms with van der Waals surface area (Å²) in [6.45, 7) is 0. The van der Waals surface area contributed by atoms with Gasteiger partial charge in [0.15, 0.2) is 0 Å². The first kappa shape index (κ1) is 21.1. The Morgan fingerprint density at radius 1 is 0.424 bits per heavy atom. The molecule has 33 heavy (non-hydrogen) atoms. The Morgan fingerprint density at radius 3 is 0.879 bits per heavy atom. The van der Waals surface area contributed by atoms with Gasteiger partial charge < -0.3 is 16.6 Å². The van der Waals surface area contributed by atoms with Crippen molar-refractivity contribution in [2.45, 2.75) is 0 Å². The van der Waals surface area contributed by atoms with Crippen LogP contribution < -0.4 is 0 Å². The molecule has 156 valence electrons. The van der Waals surface area contributed by atoms with Gasteiger partial charge in [0.2, 0.25) is 0 Å². The number of pyridine rings is 3. The first-order valence-electron chi connectivity index (χ1n) is 9.78. The molecule has 0 aliphatic rings. The van der Waals surface area contributed by atoms with Crippen molar-refractivity contribution < 1.29 is 14.4 Å². The maximum atomic E-state index is 9.83. The lowest BCUT2D eigenvalue weighted by atomic mass is 9.92. The summed E-state index contributed by atoms with van der Waals surface area (Å²) in [5.74, 6) is 0. The molecule has 4 aromatic rings. The van der Waals surface area contributed by atoms with Crippen molar-refractivity contribution in [1.29, 1.82) is 0 Å². The van der Waals surface area contributed by atoms with Crippen LogP contribution in [-0.4, -0.2) is 46.5 Å². The summed E-state index contributed by atoms with van der Waals surface area (Å²) in [4.78, 5) is 22.5. The van der Waals surface area contributed by atoms with Crippen LogP contribution in [0.2, 0.25) is 0 Å². The van der Waals surface area contributed by atoms with Gasteiger partial charge in [-0.05, 0) is 54.6 Å². The van der Waals surface area contributed by atoms with E-state index in [1.165, 1.54) is 0 Å². The summed E-state index contributed by atoms with van der Waals surface area (Å²) in [7, 11) is 0. The second-order valence-electron chi connectivity index (χ2n) is 6.85. The summed E-state index contributed by atoms with van der Waals surface area (Å²) >= 11 is 0. The highest BCUT2D eigenvalue weighted by Gasteiger charge is 2.26. The molecule has 9 heteroatoms. The second-order valence-corrected chi connectivity index (χ2v) is 6.85. The van der Waals surface area contributed by atoms with Gasteiger partial charge in [0.05, 0.1) is 33.4 Å². The van der Waals surface area contributed by atoms with Crippen molar-refractivity contribution in [2.75, 3.05) is 0 Å². The number of rotatable bonds is 6. The topological polar surface area (TPSA) is 148 Å². The van der Waals surface area contributed by atoms with Gasteiger partial charge in [0.25, 0.3) is 0 Å². The third-order valence-corrected chi connectivity index (χ3v) is 4.91. The minimum atomic E-state index is 0.263. The molecule has 0 aliphatic carbocycles. The zero-order valence-corrected chi connectivity index (χ0v) is 17.2. The molecule has 1 aromatic carbocycles. The molecular formula is C24H15N9. The quantitative estimate of drug-likeness (QED) is 0.263. The van der Waals surface area contributed by atoms with Crippen LogP contribution in [0.25, 0.3) is 16.6 Å². The van der Waals surface area contributed by atoms with E-state index in [4.69, 9.17) is 0 Å². The minimum Gasteiger partial charge on any atom is -0.361 e. The van der Waals surface area contributed by atoms with E-state index in [2.05, 4.69) is 29.3 Å². The van der Waals surface area contributed by atoms with E-state index in [1.54, 1.807) is 91.8 Å². The predicted octanol–water partition coefficient (Wildman–Crippen LogP) is 3.07. The van der Waals surface area contributed by atoms with Crippen LogP contribution in [0.4, 0.5) is 0 Å². The van der Waals surface area contributed by atoms with Gasteiger partial charge in [-0.2, -0.15) is 14.4 Å². The summed E-state index contributed by atoms with van der Waals surface area (Å²) in [6, 6.07) is 15.4. The summed E-state index contributed by atoms with van der Waals surface area (Å²) in [5.41, 5.74) is 33.6. The molecule has 0 N–H and O–H groups in total. The molecule has 0 spiro atoms. The molecule has 0 unspecified atom stereocenters. The van der Waals surface area contributed by atoms with Gasteiger partial charge in [0.1, 0.15) is 0 Å². The Labute approximate surface area is 188 Å². The lowest BCUT2D eigenvalue weighted by molar-refractivity contribution is -0.00300. The molecule has 0 fully saturated rings. The van der Waals surface area contributed by atoms with Gasteiger partial charge in [-0.3, -0.25) is 15.0 Å². The smallest absolute Gasteiger partial charge is 0.329 e. The standard InChI is InChI=1S/C24H15N9/c25-31-22(16-1-7-28-8-2-16)19-13-20(23(32-26)17-3-9-29-10-4-17)15-21(14-19)24(33-27)18-5-11-30-12-6-18/h1-15H. The molecule has 0 radical (unpaired) electrons. The summed E-state index contributed by atoms with van der Waals surface area (Å²) in [6.07, 6.45) is 9.50. The molecule has 3 heterocycles. The van der Waals surface area contributed by atoms with Gasteiger partial charge in [-0.1, -0.05) is 0 Å².